The van der Waals surface area contributed by atoms with Crippen molar-refractivity contribution >= 4 is 99.6 Å². The van der Waals surface area contributed by atoms with E-state index in [1.807, 2.05) is 11.8 Å². The molecule has 0 unspecified atom stereocenters. The molecular formula is C102H209Cl3N3O25S3-. The van der Waals surface area contributed by atoms with Gasteiger partial charge in [-0.05, 0) is 407 Å². The van der Waals surface area contributed by atoms with Crippen LogP contribution in [0.15, 0.2) is 0 Å². The maximum atomic E-state index is 11.5. The molecule has 0 radical (unpaired) electrons. The number of carbonyl (C=O) groups is 6. The summed E-state index contributed by atoms with van der Waals surface area (Å²) in [5, 5.41) is 13.6. The Bertz CT molecular complexity index is 6320. The highest BCUT2D eigenvalue weighted by Gasteiger charge is 2.20. The molecule has 0 fully saturated rings. The van der Waals surface area contributed by atoms with Gasteiger partial charge < -0.3 is 57.3 Å². The number of hydrogen-bond acceptors (Lipinski definition) is 25. The lowest BCUT2D eigenvalue weighted by Crippen LogP contribution is -2.49. The third kappa shape index (κ3) is 147. The fourth-order valence-electron chi connectivity index (χ4n) is 6.12. The Balaban J connectivity index is -0.0000000139. The van der Waals surface area contributed by atoms with Crippen molar-refractivity contribution in [3.63, 3.8) is 0 Å². The summed E-state index contributed by atoms with van der Waals surface area (Å²) < 4.78 is 121. The minimum Gasteiger partial charge on any atom is -0.726 e. The molecular weight excluding hydrogens is 1870 g/mol. The lowest BCUT2D eigenvalue weighted by atomic mass is 10.3. The molecule has 0 spiro atoms. The van der Waals surface area contributed by atoms with E-state index in [2.05, 4.69) is 437 Å². The van der Waals surface area contributed by atoms with Crippen LogP contribution in [0.2, 0.25) is 0 Å². The van der Waals surface area contributed by atoms with Crippen molar-refractivity contribution in [3.8, 4) is 355 Å². The molecule has 0 aromatic carbocycles. The van der Waals surface area contributed by atoms with Gasteiger partial charge in [0.25, 0.3) is 5.24 Å². The summed E-state index contributed by atoms with van der Waals surface area (Å²) in [7, 11) is -13.0. The molecule has 0 heterocycles. The summed E-state index contributed by atoms with van der Waals surface area (Å²) >= 11 is 14.0. The monoisotopic (exact) mass is 2080 g/mol. The van der Waals surface area contributed by atoms with Crippen molar-refractivity contribution < 1.29 is 204 Å². The van der Waals surface area contributed by atoms with Gasteiger partial charge in [0.15, 0.2) is 0 Å². The van der Waals surface area contributed by atoms with Gasteiger partial charge in [0.1, 0.15) is 19.8 Å². The van der Waals surface area contributed by atoms with E-state index in [9.17, 15) is 50.2 Å². The van der Waals surface area contributed by atoms with E-state index in [0.29, 0.717) is 39.6 Å². The molecule has 0 aliphatic heterocycles. The number of nitrogens with zero attached hydrogens (tertiary/aromatic N) is 3. The number of ether oxygens (including phenoxy) is 5. The maximum absolute atomic E-state index is 11.5. The topological polar surface area (TPSA) is 392 Å². The number of carboxylic acids is 1. The van der Waals surface area contributed by atoms with E-state index in [-0.39, 0.29) is 125 Å². The minimum absolute atomic E-state index is 0. The first-order valence-electron chi connectivity index (χ1n) is 38.4. The number of aliphatic carboxylic acids is 1. The van der Waals surface area contributed by atoms with Gasteiger partial charge in [0.05, 0.1) is 85.7 Å². The molecule has 822 valence electrons. The van der Waals surface area contributed by atoms with Crippen LogP contribution in [-0.2, 0) is 96.2 Å². The molecule has 0 amide bonds. The van der Waals surface area contributed by atoms with Crippen LogP contribution in [0.4, 0.5) is 0 Å². The second-order valence-electron chi connectivity index (χ2n) is 20.6. The summed E-state index contributed by atoms with van der Waals surface area (Å²) in [6, 6.07) is 0. The minimum atomic E-state index is -4.92. The van der Waals surface area contributed by atoms with Gasteiger partial charge in [-0.15, -0.1) is 0 Å². The van der Waals surface area contributed by atoms with Crippen molar-refractivity contribution in [3.05, 3.63) is 0 Å². The van der Waals surface area contributed by atoms with Gasteiger partial charge >= 0.3 is 38.8 Å². The molecule has 28 nitrogen and oxygen atoms in total. The van der Waals surface area contributed by atoms with E-state index < -0.39 is 58.9 Å². The van der Waals surface area contributed by atoms with Crippen molar-refractivity contribution in [1.82, 2.24) is 9.80 Å². The largest absolute Gasteiger partial charge is 0.726 e. The number of aliphatic hydroxyl groups is 1. The van der Waals surface area contributed by atoms with E-state index in [1.165, 1.54) is 13.8 Å². The molecule has 0 aromatic heterocycles. The van der Waals surface area contributed by atoms with Crippen LogP contribution in [0.25, 0.3) is 0 Å². The van der Waals surface area contributed by atoms with E-state index in [4.69, 9.17) is 63.0 Å². The highest BCUT2D eigenvalue weighted by molar-refractivity contribution is 7.82. The fourth-order valence-corrected chi connectivity index (χ4v) is 7.10. The van der Waals surface area contributed by atoms with Crippen LogP contribution < -0.4 is 0 Å². The lowest BCUT2D eigenvalue weighted by Gasteiger charge is -2.35. The number of hydrogen-bond donors (Lipinski definition) is 3. The molecule has 34 heteroatoms. The molecule has 0 aromatic rings. The standard InChI is InChI=1S/C32H26NO3.C22H3ClO.C22H4O2.C10H21NO3.C8H19NO2.C4H10O4S.C2Cl2O2.C2H6O4S.H2O4S.60H2/c1-5-9-10-11-12-13-14-15-16-17-18-19-20-21-22-23-24-25-26-27-32(34)36-31-30-35-29-28-33(6-2,7-3)8-4;2*1-2-3-4-5-6-7-8-9-10-11-12-13-14-15-16-17-18-19-20-21-22(23)24;1-4-11(5-2)6-7-13-8-9-14-10(3)12;1-3-9(4-2)5-7-11-8-6-10;1-3-7-9(5,6)8-4-2;3-1(5)2(4)6;1-2-6-7(3,4)5;1-5(2,3)4;;;;;;;;;;;;;;;;;;;;;;;;;;;;;;;;;;;;;;;;;;;;;;;;;;;;;;;;;;;;/h6-8,28-31H2,1-4H3;1H3;1H3,(H,23,24);4-9H2,1-3H3;10H,3-8H2,1-2H3;3-4H2,1-2H3;;2H2,1H3,(H,3,4,5);(H2,1,2,3,4);60*1H/q+1;;;;;;;;;;;;;;;;;;;;;;;;;;;;;;;;;;;;;;;;;;;;;;;;;;;;;;;;;;;;;;;;;;;;/p-2. The molecule has 136 heavy (non-hydrogen) atoms. The second kappa shape index (κ2) is 112. The Hall–Kier alpha value is -15.6. The number of aliphatic hydroxyl groups excluding tert-OH is 1. The van der Waals surface area contributed by atoms with Gasteiger partial charge in [-0.3, -0.25) is 27.9 Å². The summed E-state index contributed by atoms with van der Waals surface area (Å²) in [5.74, 6) is 144. The molecule has 0 bridgehead atoms. The number of quaternary nitrogens is 1. The average Bonchev–Trinajstić information content (AvgIpc) is 0.894. The summed E-state index contributed by atoms with van der Waals surface area (Å²) in [6.45, 7) is 40.5. The zero-order valence-corrected chi connectivity index (χ0v) is 81.3. The second-order valence-corrected chi connectivity index (χ2v) is 24.8. The fraction of sp³-hybridized carbons (Fsp3) is 0.353. The van der Waals surface area contributed by atoms with Crippen LogP contribution in [0.3, 0.4) is 0 Å². The summed E-state index contributed by atoms with van der Waals surface area (Å²) in [5.41, 5.74) is 0. The van der Waals surface area contributed by atoms with Crippen LogP contribution >= 0.6 is 34.8 Å². The number of esters is 2. The molecule has 0 saturated carbocycles. The van der Waals surface area contributed by atoms with Gasteiger partial charge in [0.2, 0.25) is 20.8 Å². The Morgan fingerprint density at radius 2 is 0.574 bits per heavy atom. The van der Waals surface area contributed by atoms with Crippen LogP contribution in [0.1, 0.15) is 183 Å². The molecule has 0 atom stereocenters. The Labute approximate surface area is 908 Å². The SMILES string of the molecule is CC#CC#CC#CC#CC#CC#CC#CC#CC#CC#CC(=O)Cl.CC#CC#CC#CC#CC#CC#CC#CC#CC#CC#CC(=O)O.CC#CC#CC#CC#CC#CC#CC#CC#CC#CC#CC(=O)OCCOCC[N+](CC)(CC)CC.CCN(CC)CCOCCO.CCN(CC)CCOCCOC(C)=O.CCOS(=O)(=O)OCC.CCOS(=O)(=O)[O-].O=C(Cl)C(=O)Cl.O=S(=O)([O-])O.[HH].[HH].[HH].[HH].[HH].[HH].[HH].[HH].[HH].[HH].[HH].[HH].[HH].[HH].[HH].[HH].[HH].[HH].[HH].[HH].[HH].[HH].[HH].[HH].[HH].[HH].[HH].[HH].[HH].[HH].[HH].[HH].[HH].[HH].[HH].[HH].[HH].[HH].[HH].[HH].[HH].[HH].[HH].[HH].[HH].[HH].[HH].[HH].[HH].[HH].[HH].[HH].[HH].[HH].[HH].[HH].[HH].[HH].[HH].[HH]. The smallest absolute Gasteiger partial charge is 0.399 e. The van der Waals surface area contributed by atoms with Crippen molar-refractivity contribution in [2.45, 2.75) is 96.9 Å². The highest BCUT2D eigenvalue weighted by Crippen LogP contribution is 2.05. The molecule has 0 aliphatic carbocycles. The molecule has 0 aliphatic rings. The van der Waals surface area contributed by atoms with E-state index >= 15 is 0 Å². The zero-order chi connectivity index (χ0) is 104. The number of carboxylic acid groups (broad SMARTS) is 1. The van der Waals surface area contributed by atoms with Crippen LogP contribution in [0.5, 0.6) is 0 Å². The van der Waals surface area contributed by atoms with Gasteiger partial charge in [0, 0.05) is 159 Å². The Kier molecular flexibility index (Phi) is 114. The maximum Gasteiger partial charge on any atom is 0.399 e. The summed E-state index contributed by atoms with van der Waals surface area (Å²) in [4.78, 5) is 65.6. The predicted octanol–water partition coefficient (Wildman–Crippen LogP) is 17.7. The quantitative estimate of drug-likeness (QED) is 0.00668. The Morgan fingerprint density at radius 3 is 0.779 bits per heavy atom. The molecule has 3 N–H and O–H groups in total. The van der Waals surface area contributed by atoms with Crippen molar-refractivity contribution in [2.75, 3.05) is 145 Å². The number of carbonyl (C=O) groups excluding carboxylic acids is 5. The first kappa shape index (κ1) is 138. The average molecular weight is 2080 g/mol. The lowest BCUT2D eigenvalue weighted by molar-refractivity contribution is -0.923. The third-order valence-electron chi connectivity index (χ3n) is 11.8. The number of rotatable bonds is 31. The first-order valence-corrected chi connectivity index (χ1v) is 43.6. The zero-order valence-electron chi connectivity index (χ0n) is 76.6. The van der Waals surface area contributed by atoms with E-state index in [1.54, 1.807) is 34.6 Å². The van der Waals surface area contributed by atoms with Gasteiger partial charge in [-0.25, -0.2) is 34.8 Å². The molecule has 0 rings (SSSR count). The van der Waals surface area contributed by atoms with Crippen LogP contribution in [0, 0.1) is 355 Å². The predicted molar refractivity (Wildman–Crippen MR) is 643 cm³/mol. The van der Waals surface area contributed by atoms with Gasteiger partial charge in [-0.1, -0.05) is 45.5 Å². The van der Waals surface area contributed by atoms with Gasteiger partial charge in [-0.2, -0.15) is 8.42 Å². The number of halogens is 3. The van der Waals surface area contributed by atoms with E-state index in [0.717, 1.165) is 76.5 Å². The Morgan fingerprint density at radius 1 is 0.338 bits per heavy atom. The van der Waals surface area contributed by atoms with Crippen molar-refractivity contribution in [1.29, 1.82) is 0 Å². The first-order chi connectivity index (χ1) is 65.0. The third-order valence-corrected chi connectivity index (χ3v) is 14.0. The highest BCUT2D eigenvalue weighted by atomic mass is 35.5. The van der Waals surface area contributed by atoms with Crippen molar-refractivity contribution in [2.24, 2.45) is 0 Å². The number of likely N-dealkylation sites (N-methyl/N-ethyl adjacent to an activating group) is 3. The molecule has 0 saturated heterocycles. The normalized spacial score (nSPS) is 7.61. The summed E-state index contributed by atoms with van der Waals surface area (Å²) in [6.07, 6.45) is 0. The van der Waals surface area contributed by atoms with Crippen LogP contribution in [-0.4, -0.2) is 242 Å².